The molecule has 2 aromatic rings. The second-order valence-electron chi connectivity index (χ2n) is 9.00. The standard InChI is InChI=1S/C24H32N4O5S/c1-17-6-12-20(13-7-17)34(32,33)28(5)16-22(30)27-26-21(29)14-15-25-23(31)18-8-10-19(11-9-18)24(2,3)4/h6-13H,14-16H2,1-5H3,(H,25,31)(H,26,29)(H,27,30). The Morgan fingerprint density at radius 3 is 2.00 bits per heavy atom. The number of nitrogens with zero attached hydrogens (tertiary/aromatic N) is 1. The molecule has 0 saturated carbocycles. The van der Waals surface area contributed by atoms with Gasteiger partial charge >= 0.3 is 0 Å². The van der Waals surface area contributed by atoms with Gasteiger partial charge in [0.1, 0.15) is 0 Å². The molecule has 34 heavy (non-hydrogen) atoms. The van der Waals surface area contributed by atoms with Gasteiger partial charge in [-0.2, -0.15) is 4.31 Å². The minimum absolute atomic E-state index is 0.0167. The number of aryl methyl sites for hydroxylation is 1. The molecule has 0 unspecified atom stereocenters. The third kappa shape index (κ3) is 7.67. The van der Waals surface area contributed by atoms with E-state index in [2.05, 4.69) is 36.9 Å². The van der Waals surface area contributed by atoms with Crippen LogP contribution in [0.15, 0.2) is 53.4 Å². The van der Waals surface area contributed by atoms with E-state index in [1.807, 2.05) is 19.1 Å². The quantitative estimate of drug-likeness (QED) is 0.490. The predicted octanol–water partition coefficient (Wildman–Crippen LogP) is 1.88. The minimum atomic E-state index is -3.84. The van der Waals surface area contributed by atoms with Gasteiger partial charge in [-0.25, -0.2) is 8.42 Å². The van der Waals surface area contributed by atoms with Crippen LogP contribution < -0.4 is 16.2 Å². The third-order valence-corrected chi connectivity index (χ3v) is 6.91. The summed E-state index contributed by atoms with van der Waals surface area (Å²) >= 11 is 0. The SMILES string of the molecule is Cc1ccc(S(=O)(=O)N(C)CC(=O)NNC(=O)CCNC(=O)c2ccc(C(C)(C)C)cc2)cc1. The predicted molar refractivity (Wildman–Crippen MR) is 129 cm³/mol. The van der Waals surface area contributed by atoms with E-state index in [9.17, 15) is 22.8 Å². The molecule has 0 bridgehead atoms. The molecule has 0 aliphatic heterocycles. The van der Waals surface area contributed by atoms with Crippen molar-refractivity contribution in [1.29, 1.82) is 0 Å². The molecule has 0 fully saturated rings. The van der Waals surface area contributed by atoms with Crippen LogP contribution >= 0.6 is 0 Å². The van der Waals surface area contributed by atoms with E-state index in [4.69, 9.17) is 0 Å². The number of hydrogen-bond donors (Lipinski definition) is 3. The lowest BCUT2D eigenvalue weighted by Crippen LogP contribution is -2.47. The Morgan fingerprint density at radius 1 is 0.882 bits per heavy atom. The fourth-order valence-electron chi connectivity index (χ4n) is 2.93. The summed E-state index contributed by atoms with van der Waals surface area (Å²) in [7, 11) is -2.56. The number of carbonyl (C=O) groups excluding carboxylic acids is 3. The lowest BCUT2D eigenvalue weighted by Gasteiger charge is -2.19. The van der Waals surface area contributed by atoms with Crippen LogP contribution in [0.25, 0.3) is 0 Å². The van der Waals surface area contributed by atoms with E-state index < -0.39 is 28.4 Å². The number of sulfonamides is 1. The summed E-state index contributed by atoms with van der Waals surface area (Å²) in [5.41, 5.74) is 6.88. The number of rotatable bonds is 8. The topological polar surface area (TPSA) is 125 Å². The largest absolute Gasteiger partial charge is 0.352 e. The fourth-order valence-corrected chi connectivity index (χ4v) is 4.06. The van der Waals surface area contributed by atoms with E-state index in [-0.39, 0.29) is 29.2 Å². The summed E-state index contributed by atoms with van der Waals surface area (Å²) < 4.78 is 25.9. The van der Waals surface area contributed by atoms with Gasteiger partial charge in [-0.1, -0.05) is 50.6 Å². The van der Waals surface area contributed by atoms with Gasteiger partial charge in [-0.15, -0.1) is 0 Å². The van der Waals surface area contributed by atoms with Crippen molar-refractivity contribution in [1.82, 2.24) is 20.5 Å². The Labute approximate surface area is 200 Å². The molecule has 2 aromatic carbocycles. The highest BCUT2D eigenvalue weighted by molar-refractivity contribution is 7.89. The van der Waals surface area contributed by atoms with Gasteiger partial charge in [0.15, 0.2) is 0 Å². The first-order chi connectivity index (χ1) is 15.8. The van der Waals surface area contributed by atoms with Crippen LogP contribution in [0.1, 0.15) is 48.7 Å². The van der Waals surface area contributed by atoms with Crippen molar-refractivity contribution < 1.29 is 22.8 Å². The minimum Gasteiger partial charge on any atom is -0.352 e. The van der Waals surface area contributed by atoms with Crippen molar-refractivity contribution in [2.24, 2.45) is 0 Å². The Morgan fingerprint density at radius 2 is 1.44 bits per heavy atom. The van der Waals surface area contributed by atoms with Crippen LogP contribution in [0.3, 0.4) is 0 Å². The number of carbonyl (C=O) groups is 3. The number of nitrogens with one attached hydrogen (secondary N) is 3. The molecule has 0 radical (unpaired) electrons. The van der Waals surface area contributed by atoms with Gasteiger partial charge in [0.05, 0.1) is 11.4 Å². The second-order valence-corrected chi connectivity index (χ2v) is 11.0. The summed E-state index contributed by atoms with van der Waals surface area (Å²) in [5, 5.41) is 2.65. The average molecular weight is 489 g/mol. The average Bonchev–Trinajstić information content (AvgIpc) is 2.77. The van der Waals surface area contributed by atoms with Crippen LogP contribution in [0, 0.1) is 6.92 Å². The van der Waals surface area contributed by atoms with Crippen LogP contribution in [0.2, 0.25) is 0 Å². The number of hydrazine groups is 1. The first-order valence-electron chi connectivity index (χ1n) is 10.8. The van der Waals surface area contributed by atoms with Gasteiger partial charge in [0.25, 0.3) is 11.8 Å². The maximum absolute atomic E-state index is 12.5. The lowest BCUT2D eigenvalue weighted by molar-refractivity contribution is -0.128. The van der Waals surface area contributed by atoms with E-state index in [1.54, 1.807) is 24.3 Å². The molecule has 0 atom stereocenters. The third-order valence-electron chi connectivity index (χ3n) is 5.09. The molecule has 0 heterocycles. The number of likely N-dealkylation sites (N-methyl/N-ethyl adjacent to an activating group) is 1. The Bertz CT molecular complexity index is 1120. The molecule has 3 amide bonds. The maximum atomic E-state index is 12.5. The molecule has 2 rings (SSSR count). The molecule has 9 nitrogen and oxygen atoms in total. The van der Waals surface area contributed by atoms with Crippen LogP contribution in [0.4, 0.5) is 0 Å². The molecular weight excluding hydrogens is 456 g/mol. The zero-order chi connectivity index (χ0) is 25.5. The summed E-state index contributed by atoms with van der Waals surface area (Å²) in [6, 6.07) is 13.5. The van der Waals surface area contributed by atoms with E-state index in [0.717, 1.165) is 15.4 Å². The van der Waals surface area contributed by atoms with Crippen LogP contribution in [-0.4, -0.2) is 50.6 Å². The van der Waals surface area contributed by atoms with Crippen molar-refractivity contribution in [2.75, 3.05) is 20.1 Å². The summed E-state index contributed by atoms with van der Waals surface area (Å²) in [6.07, 6.45) is -0.0659. The smallest absolute Gasteiger partial charge is 0.253 e. The normalized spacial score (nSPS) is 11.7. The van der Waals surface area contributed by atoms with Gasteiger partial charge in [-0.05, 0) is 42.2 Å². The highest BCUT2D eigenvalue weighted by Crippen LogP contribution is 2.22. The Kier molecular flexibility index (Phi) is 8.94. The highest BCUT2D eigenvalue weighted by Gasteiger charge is 2.23. The first-order valence-corrected chi connectivity index (χ1v) is 12.2. The number of amides is 3. The van der Waals surface area contributed by atoms with E-state index in [1.165, 1.54) is 19.2 Å². The molecule has 0 spiro atoms. The second kappa shape index (κ2) is 11.3. The fraction of sp³-hybridized carbons (Fsp3) is 0.375. The van der Waals surface area contributed by atoms with Crippen molar-refractivity contribution in [3.8, 4) is 0 Å². The first kappa shape index (κ1) is 27.0. The number of benzene rings is 2. The molecular formula is C24H32N4O5S. The molecule has 10 heteroatoms. The zero-order valence-corrected chi connectivity index (χ0v) is 21.0. The Balaban J connectivity index is 1.74. The van der Waals surface area contributed by atoms with Crippen LogP contribution in [-0.2, 0) is 25.0 Å². The molecule has 184 valence electrons. The zero-order valence-electron chi connectivity index (χ0n) is 20.1. The molecule has 0 aromatic heterocycles. The maximum Gasteiger partial charge on any atom is 0.253 e. The monoisotopic (exact) mass is 488 g/mol. The van der Waals surface area contributed by atoms with E-state index in [0.29, 0.717) is 5.56 Å². The van der Waals surface area contributed by atoms with Crippen molar-refractivity contribution in [3.05, 3.63) is 65.2 Å². The summed E-state index contributed by atoms with van der Waals surface area (Å²) in [5.74, 6) is -1.53. The highest BCUT2D eigenvalue weighted by atomic mass is 32.2. The van der Waals surface area contributed by atoms with Gasteiger partial charge in [-0.3, -0.25) is 25.2 Å². The molecule has 0 saturated heterocycles. The van der Waals surface area contributed by atoms with Gasteiger partial charge in [0, 0.05) is 25.6 Å². The lowest BCUT2D eigenvalue weighted by atomic mass is 9.87. The number of hydrogen-bond acceptors (Lipinski definition) is 5. The van der Waals surface area contributed by atoms with Gasteiger partial charge < -0.3 is 5.32 Å². The molecule has 0 aliphatic carbocycles. The molecule has 3 N–H and O–H groups in total. The summed E-state index contributed by atoms with van der Waals surface area (Å²) in [6.45, 7) is 7.69. The molecule has 0 aliphatic rings. The van der Waals surface area contributed by atoms with Crippen molar-refractivity contribution >= 4 is 27.7 Å². The van der Waals surface area contributed by atoms with E-state index >= 15 is 0 Å². The van der Waals surface area contributed by atoms with Crippen molar-refractivity contribution in [3.63, 3.8) is 0 Å². The van der Waals surface area contributed by atoms with Crippen molar-refractivity contribution in [2.45, 2.75) is 44.4 Å². The van der Waals surface area contributed by atoms with Crippen LogP contribution in [0.5, 0.6) is 0 Å². The Hall–Kier alpha value is -3.24. The van der Waals surface area contributed by atoms with Gasteiger partial charge in [0.2, 0.25) is 15.9 Å². The summed E-state index contributed by atoms with van der Waals surface area (Å²) in [4.78, 5) is 36.3.